The number of likely N-dealkylation sites (tertiary alicyclic amines) is 1. The number of aromatic nitrogens is 1. The number of hydrogen-bond donors (Lipinski definition) is 0. The zero-order valence-corrected chi connectivity index (χ0v) is 39.5. The highest BCUT2D eigenvalue weighted by molar-refractivity contribution is 7.49. The summed E-state index contributed by atoms with van der Waals surface area (Å²) in [7, 11) is -8.05. The van der Waals surface area contributed by atoms with Crippen molar-refractivity contribution in [2.75, 3.05) is 26.2 Å². The van der Waals surface area contributed by atoms with Crippen LogP contribution in [0.15, 0.2) is 66.7 Å². The van der Waals surface area contributed by atoms with E-state index >= 15 is 0 Å². The predicted molar refractivity (Wildman–Crippen MR) is 238 cm³/mol. The molecule has 326 valence electrons. The largest absolute Gasteiger partial charge is 0.531 e. The summed E-state index contributed by atoms with van der Waals surface area (Å²) in [6.07, 6.45) is 5.15. The van der Waals surface area contributed by atoms with Gasteiger partial charge in [0.25, 0.3) is 0 Å². The first-order valence-corrected chi connectivity index (χ1v) is 23.8. The van der Waals surface area contributed by atoms with E-state index in [1.54, 1.807) is 18.2 Å². The molecular formula is C46H68N2O9P2. The van der Waals surface area contributed by atoms with E-state index < -0.39 is 38.0 Å². The molecule has 5 rings (SSSR count). The van der Waals surface area contributed by atoms with E-state index in [4.69, 9.17) is 31.9 Å². The molecule has 0 unspecified atom stereocenters. The third-order valence-corrected chi connectivity index (χ3v) is 13.0. The molecule has 3 aromatic carbocycles. The molecular weight excluding hydrogens is 786 g/mol. The number of fused-ring (bicyclic) bond motifs is 1. The number of aryl methyl sites for hydroxylation is 1. The van der Waals surface area contributed by atoms with Gasteiger partial charge < -0.3 is 18.4 Å². The Morgan fingerprint density at radius 3 is 1.53 bits per heavy atom. The monoisotopic (exact) mass is 854 g/mol. The Labute approximate surface area is 353 Å². The molecule has 0 bridgehead atoms. The SMILES string of the molecule is Cc1c(-c2ccc(OP(=O)(OC(C)(C)C)OC(C)(C)C)cc2)n(Cc2ccc(OCCN3CCCCCC3)cc2)c2ccc(OP(=O)(OC(C)(C)C)OC(C)(C)C)cc12. The lowest BCUT2D eigenvalue weighted by Crippen LogP contribution is -2.29. The Bertz CT molecular complexity index is 2050. The molecule has 0 radical (unpaired) electrons. The van der Waals surface area contributed by atoms with Crippen LogP contribution in [0.25, 0.3) is 22.2 Å². The summed E-state index contributed by atoms with van der Waals surface area (Å²) in [5.41, 5.74) is 1.77. The zero-order valence-electron chi connectivity index (χ0n) is 37.7. The third kappa shape index (κ3) is 14.5. The van der Waals surface area contributed by atoms with E-state index in [0.29, 0.717) is 24.7 Å². The van der Waals surface area contributed by atoms with Crippen LogP contribution in [0.3, 0.4) is 0 Å². The zero-order chi connectivity index (χ0) is 43.4. The fourth-order valence-electron chi connectivity index (χ4n) is 7.01. The van der Waals surface area contributed by atoms with Gasteiger partial charge in [0.05, 0.1) is 28.1 Å². The second-order valence-electron chi connectivity index (χ2n) is 19.4. The van der Waals surface area contributed by atoms with Crippen molar-refractivity contribution in [1.29, 1.82) is 0 Å². The molecule has 1 aliphatic rings. The van der Waals surface area contributed by atoms with Gasteiger partial charge in [-0.3, -0.25) is 23.0 Å². The maximum absolute atomic E-state index is 14.1. The van der Waals surface area contributed by atoms with Gasteiger partial charge in [0.2, 0.25) is 0 Å². The Kier molecular flexibility index (Phi) is 14.7. The number of benzene rings is 3. The normalized spacial score (nSPS) is 15.3. The minimum atomic E-state index is -4.05. The van der Waals surface area contributed by atoms with E-state index in [1.165, 1.54) is 25.7 Å². The van der Waals surface area contributed by atoms with Crippen LogP contribution in [0.2, 0.25) is 0 Å². The van der Waals surface area contributed by atoms with Gasteiger partial charge in [-0.25, -0.2) is 9.13 Å². The Morgan fingerprint density at radius 2 is 1.03 bits per heavy atom. The second kappa shape index (κ2) is 18.5. The quantitative estimate of drug-likeness (QED) is 0.107. The molecule has 1 aliphatic heterocycles. The average Bonchev–Trinajstić information content (AvgIpc) is 3.19. The molecule has 13 heteroatoms. The van der Waals surface area contributed by atoms with Crippen LogP contribution in [0.5, 0.6) is 17.2 Å². The van der Waals surface area contributed by atoms with Gasteiger partial charge in [-0.1, -0.05) is 25.0 Å². The van der Waals surface area contributed by atoms with Gasteiger partial charge in [0.15, 0.2) is 0 Å². The molecule has 11 nitrogen and oxygen atoms in total. The van der Waals surface area contributed by atoms with Crippen LogP contribution in [0.1, 0.15) is 120 Å². The van der Waals surface area contributed by atoms with E-state index in [1.807, 2.05) is 119 Å². The first-order valence-electron chi connectivity index (χ1n) is 20.9. The van der Waals surface area contributed by atoms with Crippen molar-refractivity contribution in [3.05, 3.63) is 77.9 Å². The van der Waals surface area contributed by atoms with Gasteiger partial charge >= 0.3 is 15.6 Å². The predicted octanol–water partition coefficient (Wildman–Crippen LogP) is 13.2. The minimum Gasteiger partial charge on any atom is -0.492 e. The number of nitrogens with zero attached hydrogens (tertiary/aromatic N) is 2. The Balaban J connectivity index is 1.49. The van der Waals surface area contributed by atoms with Crippen molar-refractivity contribution in [3.8, 4) is 28.5 Å². The molecule has 0 amide bonds. The smallest absolute Gasteiger partial charge is 0.492 e. The highest BCUT2D eigenvalue weighted by atomic mass is 31.2. The van der Waals surface area contributed by atoms with Crippen LogP contribution >= 0.6 is 15.6 Å². The Morgan fingerprint density at radius 1 is 0.576 bits per heavy atom. The first-order chi connectivity index (χ1) is 27.3. The summed E-state index contributed by atoms with van der Waals surface area (Å²) in [6.45, 7) is 28.2. The number of rotatable bonds is 15. The van der Waals surface area contributed by atoms with Crippen molar-refractivity contribution >= 4 is 26.5 Å². The number of phosphoric acid groups is 2. The summed E-state index contributed by atoms with van der Waals surface area (Å²) in [4.78, 5) is 2.50. The third-order valence-electron chi connectivity index (χ3n) is 9.03. The van der Waals surface area contributed by atoms with Crippen LogP contribution in [-0.2, 0) is 33.8 Å². The molecule has 59 heavy (non-hydrogen) atoms. The minimum absolute atomic E-state index is 0.349. The van der Waals surface area contributed by atoms with Gasteiger partial charge in [0.1, 0.15) is 23.9 Å². The summed E-state index contributed by atoms with van der Waals surface area (Å²) >= 11 is 0. The van der Waals surface area contributed by atoms with Gasteiger partial charge in [-0.05, 0) is 187 Å². The summed E-state index contributed by atoms with van der Waals surface area (Å²) in [5, 5.41) is 0.908. The molecule has 4 aromatic rings. The van der Waals surface area contributed by atoms with Crippen molar-refractivity contribution in [1.82, 2.24) is 9.47 Å². The number of phosphoric ester groups is 2. The lowest BCUT2D eigenvalue weighted by atomic mass is 10.1. The Hall–Kier alpha value is -3.14. The van der Waals surface area contributed by atoms with E-state index in [-0.39, 0.29) is 0 Å². The van der Waals surface area contributed by atoms with Crippen LogP contribution in [0, 0.1) is 6.92 Å². The molecule has 2 heterocycles. The van der Waals surface area contributed by atoms with E-state index in [0.717, 1.165) is 58.7 Å². The standard InChI is InChI=1S/C46H68N2O9P2/c1-34-40-32-39(53-59(50,56-45(8,9)10)57-46(11,12)13)26-27-41(40)48(33-35-18-22-37(23-19-35)51-31-30-47-28-16-14-15-17-29-47)42(34)36-20-24-38(25-21-36)52-58(49,54-43(2,3)4)55-44(5,6)7/h18-27,32H,14-17,28-31,33H2,1-13H3. The average molecular weight is 855 g/mol. The molecule has 0 saturated carbocycles. The molecule has 1 fully saturated rings. The van der Waals surface area contributed by atoms with Crippen molar-refractivity contribution in [2.24, 2.45) is 0 Å². The van der Waals surface area contributed by atoms with Gasteiger partial charge in [0, 0.05) is 24.0 Å². The highest BCUT2D eigenvalue weighted by Crippen LogP contribution is 2.57. The lowest BCUT2D eigenvalue weighted by molar-refractivity contribution is 0.0206. The number of ether oxygens (including phenoxy) is 1. The van der Waals surface area contributed by atoms with E-state index in [9.17, 15) is 9.13 Å². The molecule has 0 aliphatic carbocycles. The summed E-state index contributed by atoms with van der Waals surface area (Å²) in [6, 6.07) is 21.4. The lowest BCUT2D eigenvalue weighted by Gasteiger charge is -2.30. The van der Waals surface area contributed by atoms with Gasteiger partial charge in [-0.2, -0.15) is 0 Å². The maximum atomic E-state index is 14.1. The highest BCUT2D eigenvalue weighted by Gasteiger charge is 2.40. The molecule has 1 saturated heterocycles. The van der Waals surface area contributed by atoms with Crippen molar-refractivity contribution in [3.63, 3.8) is 0 Å². The van der Waals surface area contributed by atoms with Crippen LogP contribution in [-0.4, -0.2) is 58.1 Å². The fraction of sp³-hybridized carbons (Fsp3) is 0.565. The molecule has 0 spiro atoms. The van der Waals surface area contributed by atoms with Gasteiger partial charge in [-0.15, -0.1) is 0 Å². The first kappa shape index (κ1) is 46.9. The van der Waals surface area contributed by atoms with Crippen molar-refractivity contribution < 1.29 is 41.0 Å². The molecule has 0 atom stereocenters. The van der Waals surface area contributed by atoms with Crippen LogP contribution < -0.4 is 13.8 Å². The summed E-state index contributed by atoms with van der Waals surface area (Å²) < 4.78 is 72.2. The van der Waals surface area contributed by atoms with Crippen molar-refractivity contribution in [2.45, 2.75) is 145 Å². The molecule has 0 N–H and O–H groups in total. The van der Waals surface area contributed by atoms with Crippen LogP contribution in [0.4, 0.5) is 0 Å². The summed E-state index contributed by atoms with van der Waals surface area (Å²) in [5.74, 6) is 1.55. The topological polar surface area (TPSA) is 107 Å². The number of hydrogen-bond acceptors (Lipinski definition) is 10. The molecule has 1 aromatic heterocycles. The fourth-order valence-corrected chi connectivity index (χ4v) is 10.7. The van der Waals surface area contributed by atoms with E-state index in [2.05, 4.69) is 28.5 Å². The second-order valence-corrected chi connectivity index (χ2v) is 22.3. The maximum Gasteiger partial charge on any atom is 0.531 e.